The smallest absolute Gasteiger partial charge is 0.386 e. The molecule has 1 unspecified atom stereocenters. The lowest BCUT2D eigenvalue weighted by atomic mass is 9.95. The maximum atomic E-state index is 12.4. The number of alkyl halides is 3. The third-order valence-corrected chi connectivity index (χ3v) is 3.95. The van der Waals surface area contributed by atoms with Gasteiger partial charge in [0.2, 0.25) is 0 Å². The summed E-state index contributed by atoms with van der Waals surface area (Å²) in [6.45, 7) is 3.51. The molecule has 0 aromatic carbocycles. The molecule has 0 radical (unpaired) electrons. The van der Waals surface area contributed by atoms with Gasteiger partial charge < -0.3 is 10.0 Å². The Morgan fingerprint density at radius 3 is 2.24 bits per heavy atom. The molecule has 1 N–H and O–H groups in total. The topological polar surface area (TPSA) is 36.4 Å². The zero-order chi connectivity index (χ0) is 13.4. The van der Waals surface area contributed by atoms with Gasteiger partial charge in [-0.3, -0.25) is 0 Å². The highest BCUT2D eigenvalue weighted by molar-refractivity contribution is 7.11. The number of aromatic nitrogens is 1. The highest BCUT2D eigenvalue weighted by Gasteiger charge is 2.38. The second kappa shape index (κ2) is 4.55. The van der Waals surface area contributed by atoms with Crippen molar-refractivity contribution in [2.24, 2.45) is 0 Å². The van der Waals surface area contributed by atoms with Gasteiger partial charge in [0.1, 0.15) is 6.10 Å². The fraction of sp³-hybridized carbons (Fsp3) is 0.700. The predicted molar refractivity (Wildman–Crippen MR) is 59.8 cm³/mol. The van der Waals surface area contributed by atoms with Gasteiger partial charge in [-0.15, -0.1) is 11.3 Å². The molecule has 98 valence electrons. The molecule has 0 saturated carbocycles. The van der Waals surface area contributed by atoms with E-state index in [0.717, 1.165) is 6.20 Å². The van der Waals surface area contributed by atoms with Crippen molar-refractivity contribution in [3.63, 3.8) is 0 Å². The Morgan fingerprint density at radius 2 is 1.88 bits per heavy atom. The summed E-state index contributed by atoms with van der Waals surface area (Å²) in [7, 11) is 3.52. The molecule has 17 heavy (non-hydrogen) atoms. The molecule has 0 fully saturated rings. The van der Waals surface area contributed by atoms with E-state index in [1.54, 1.807) is 32.8 Å². The zero-order valence-electron chi connectivity index (χ0n) is 10.0. The molecule has 1 aromatic rings. The van der Waals surface area contributed by atoms with E-state index in [-0.39, 0.29) is 4.88 Å². The zero-order valence-corrected chi connectivity index (χ0v) is 10.9. The first-order chi connectivity index (χ1) is 7.56. The minimum absolute atomic E-state index is 0.219. The second-order valence-electron chi connectivity index (χ2n) is 4.52. The van der Waals surface area contributed by atoms with Crippen LogP contribution in [0.3, 0.4) is 0 Å². The number of likely N-dealkylation sites (N-methyl/N-ethyl adjacent to an activating group) is 1. The fourth-order valence-electron chi connectivity index (χ4n) is 1.14. The maximum absolute atomic E-state index is 12.4. The minimum atomic E-state index is -4.45. The third-order valence-electron chi connectivity index (χ3n) is 2.86. The van der Waals surface area contributed by atoms with Gasteiger partial charge in [-0.05, 0) is 27.9 Å². The maximum Gasteiger partial charge on any atom is 0.443 e. The van der Waals surface area contributed by atoms with Gasteiger partial charge in [-0.25, -0.2) is 4.98 Å². The molecular weight excluding hydrogens is 253 g/mol. The molecule has 0 aliphatic carbocycles. The van der Waals surface area contributed by atoms with Crippen molar-refractivity contribution in [1.29, 1.82) is 0 Å². The van der Waals surface area contributed by atoms with Crippen LogP contribution in [0.1, 0.15) is 29.8 Å². The molecule has 3 nitrogen and oxygen atoms in total. The number of aliphatic hydroxyl groups is 1. The van der Waals surface area contributed by atoms with Crippen molar-refractivity contribution >= 4 is 11.3 Å². The molecule has 0 bridgehead atoms. The van der Waals surface area contributed by atoms with Crippen LogP contribution in [0.4, 0.5) is 13.2 Å². The van der Waals surface area contributed by atoms with Gasteiger partial charge >= 0.3 is 6.18 Å². The molecule has 0 aliphatic rings. The summed E-state index contributed by atoms with van der Waals surface area (Å²) in [5, 5.41) is 9.13. The summed E-state index contributed by atoms with van der Waals surface area (Å²) in [6.07, 6.45) is -4.38. The van der Waals surface area contributed by atoms with Crippen molar-refractivity contribution < 1.29 is 18.3 Å². The van der Waals surface area contributed by atoms with Crippen LogP contribution in [-0.2, 0) is 6.18 Å². The Kier molecular flexibility index (Phi) is 3.85. The highest BCUT2D eigenvalue weighted by atomic mass is 32.1. The number of hydrogen-bond donors (Lipinski definition) is 1. The average Bonchev–Trinajstić information content (AvgIpc) is 2.63. The number of halogens is 3. The van der Waals surface area contributed by atoms with E-state index in [0.29, 0.717) is 11.3 Å². The summed E-state index contributed by atoms with van der Waals surface area (Å²) >= 11 is 0.479. The van der Waals surface area contributed by atoms with E-state index in [4.69, 9.17) is 0 Å². The molecule has 0 spiro atoms. The standard InChI is InChI=1S/C10H15F3N2OS/c1-9(2,15(3)4)7(16)6-5-14-8(17-6)10(11,12)13/h5,7,16H,1-4H3. The molecule has 0 saturated heterocycles. The van der Waals surface area contributed by atoms with Crippen molar-refractivity contribution in [3.8, 4) is 0 Å². The average molecular weight is 268 g/mol. The number of hydrogen-bond acceptors (Lipinski definition) is 4. The van der Waals surface area contributed by atoms with E-state index < -0.39 is 22.8 Å². The summed E-state index contributed by atoms with van der Waals surface area (Å²) in [6, 6.07) is 0. The van der Waals surface area contributed by atoms with Gasteiger partial charge in [-0.1, -0.05) is 0 Å². The number of rotatable bonds is 3. The SMILES string of the molecule is CN(C)C(C)(C)C(O)c1cnc(C(F)(F)F)s1. The monoisotopic (exact) mass is 268 g/mol. The summed E-state index contributed by atoms with van der Waals surface area (Å²) in [4.78, 5) is 5.27. The van der Waals surface area contributed by atoms with Crippen LogP contribution in [0.25, 0.3) is 0 Å². The number of nitrogens with zero attached hydrogens (tertiary/aromatic N) is 2. The first kappa shape index (κ1) is 14.4. The van der Waals surface area contributed by atoms with Gasteiger partial charge in [-0.2, -0.15) is 13.2 Å². The summed E-state index contributed by atoms with van der Waals surface area (Å²) in [5.74, 6) is 0. The van der Waals surface area contributed by atoms with Crippen LogP contribution in [-0.4, -0.2) is 34.6 Å². The van der Waals surface area contributed by atoms with E-state index in [9.17, 15) is 18.3 Å². The molecule has 1 aromatic heterocycles. The first-order valence-corrected chi connectivity index (χ1v) is 5.77. The first-order valence-electron chi connectivity index (χ1n) is 4.95. The van der Waals surface area contributed by atoms with Crippen LogP contribution in [0.15, 0.2) is 6.20 Å². The summed E-state index contributed by atoms with van der Waals surface area (Å²) < 4.78 is 37.1. The Balaban J connectivity index is 2.99. The molecule has 0 aliphatic heterocycles. The van der Waals surface area contributed by atoms with Gasteiger partial charge in [0.05, 0.1) is 4.88 Å². The molecule has 1 heterocycles. The fourth-order valence-corrected chi connectivity index (χ4v) is 2.09. The van der Waals surface area contributed by atoms with Crippen LogP contribution >= 0.6 is 11.3 Å². The molecule has 0 amide bonds. The molecular formula is C10H15F3N2OS. The molecule has 1 rings (SSSR count). The number of aliphatic hydroxyl groups excluding tert-OH is 1. The third kappa shape index (κ3) is 2.97. The second-order valence-corrected chi connectivity index (χ2v) is 5.58. The van der Waals surface area contributed by atoms with Crippen molar-refractivity contribution in [3.05, 3.63) is 16.1 Å². The van der Waals surface area contributed by atoms with Crippen LogP contribution < -0.4 is 0 Å². The van der Waals surface area contributed by atoms with Crippen LogP contribution in [0.2, 0.25) is 0 Å². The van der Waals surface area contributed by atoms with Crippen molar-refractivity contribution in [2.45, 2.75) is 31.7 Å². The van der Waals surface area contributed by atoms with Crippen LogP contribution in [0, 0.1) is 0 Å². The lowest BCUT2D eigenvalue weighted by Crippen LogP contribution is -2.43. The normalized spacial score (nSPS) is 15.4. The van der Waals surface area contributed by atoms with E-state index in [1.165, 1.54) is 0 Å². The highest BCUT2D eigenvalue weighted by Crippen LogP contribution is 2.37. The Labute approximate surface area is 102 Å². The van der Waals surface area contributed by atoms with Crippen LogP contribution in [0.5, 0.6) is 0 Å². The minimum Gasteiger partial charge on any atom is -0.386 e. The largest absolute Gasteiger partial charge is 0.443 e. The molecule has 1 atom stereocenters. The summed E-state index contributed by atoms with van der Waals surface area (Å²) in [5.41, 5.74) is -0.657. The Morgan fingerprint density at radius 1 is 1.35 bits per heavy atom. The van der Waals surface area contributed by atoms with Crippen molar-refractivity contribution in [1.82, 2.24) is 9.88 Å². The van der Waals surface area contributed by atoms with E-state index >= 15 is 0 Å². The lowest BCUT2D eigenvalue weighted by molar-refractivity contribution is -0.137. The van der Waals surface area contributed by atoms with E-state index in [2.05, 4.69) is 4.98 Å². The Hall–Kier alpha value is -0.660. The van der Waals surface area contributed by atoms with Gasteiger partial charge in [0.25, 0.3) is 0 Å². The molecule has 7 heteroatoms. The predicted octanol–water partition coefficient (Wildman–Crippen LogP) is 2.54. The lowest BCUT2D eigenvalue weighted by Gasteiger charge is -2.36. The Bertz CT molecular complexity index is 387. The van der Waals surface area contributed by atoms with Crippen molar-refractivity contribution in [2.75, 3.05) is 14.1 Å². The van der Waals surface area contributed by atoms with Gasteiger partial charge in [0, 0.05) is 11.7 Å². The van der Waals surface area contributed by atoms with E-state index in [1.807, 2.05) is 0 Å². The van der Waals surface area contributed by atoms with Gasteiger partial charge in [0.15, 0.2) is 5.01 Å². The number of thiazole rings is 1. The quantitative estimate of drug-likeness (QED) is 0.915.